The second-order valence-corrected chi connectivity index (χ2v) is 7.34. The quantitative estimate of drug-likeness (QED) is 0.855. The summed E-state index contributed by atoms with van der Waals surface area (Å²) in [4.78, 5) is 27.1. The molecule has 0 unspecified atom stereocenters. The predicted octanol–water partition coefficient (Wildman–Crippen LogP) is 3.32. The second kappa shape index (κ2) is 7.43. The smallest absolute Gasteiger partial charge is 0.227 e. The largest absolute Gasteiger partial charge is 0.497 e. The van der Waals surface area contributed by atoms with Crippen molar-refractivity contribution in [2.24, 2.45) is 11.8 Å². The molecule has 0 radical (unpaired) electrons. The molecule has 0 aromatic heterocycles. The third-order valence-corrected chi connectivity index (χ3v) is 5.41. The van der Waals surface area contributed by atoms with Crippen molar-refractivity contribution in [3.8, 4) is 5.75 Å². The van der Waals surface area contributed by atoms with Crippen LogP contribution in [0.4, 0.5) is 5.69 Å². The molecule has 2 aromatic carbocycles. The minimum atomic E-state index is -0.325. The molecule has 140 valence electrons. The lowest BCUT2D eigenvalue weighted by Crippen LogP contribution is -2.36. The molecule has 1 heterocycles. The van der Waals surface area contributed by atoms with Crippen LogP contribution in [0.1, 0.15) is 30.9 Å². The Morgan fingerprint density at radius 2 is 1.93 bits per heavy atom. The van der Waals surface area contributed by atoms with Gasteiger partial charge in [-0.2, -0.15) is 0 Å². The number of methoxy groups -OCH3 is 1. The SMILES string of the molecule is COc1cccc(N2C[C@@H](C(=O)N[C@H](c3ccccc3)C3CC3)CC2=O)c1. The molecule has 1 aliphatic carbocycles. The van der Waals surface area contributed by atoms with Crippen molar-refractivity contribution in [3.05, 3.63) is 60.2 Å². The summed E-state index contributed by atoms with van der Waals surface area (Å²) in [5.74, 6) is 0.822. The van der Waals surface area contributed by atoms with Crippen LogP contribution in [0.25, 0.3) is 0 Å². The summed E-state index contributed by atoms with van der Waals surface area (Å²) in [7, 11) is 1.60. The van der Waals surface area contributed by atoms with E-state index in [0.29, 0.717) is 18.2 Å². The van der Waals surface area contributed by atoms with E-state index >= 15 is 0 Å². The molecule has 1 saturated heterocycles. The number of hydrogen-bond donors (Lipinski definition) is 1. The van der Waals surface area contributed by atoms with Crippen molar-refractivity contribution >= 4 is 17.5 Å². The van der Waals surface area contributed by atoms with E-state index in [4.69, 9.17) is 4.74 Å². The van der Waals surface area contributed by atoms with Gasteiger partial charge >= 0.3 is 0 Å². The Kier molecular flexibility index (Phi) is 4.84. The number of benzene rings is 2. The zero-order valence-corrected chi connectivity index (χ0v) is 15.4. The van der Waals surface area contributed by atoms with Gasteiger partial charge in [0.25, 0.3) is 0 Å². The Morgan fingerprint density at radius 1 is 1.15 bits per heavy atom. The van der Waals surface area contributed by atoms with Gasteiger partial charge in [0.05, 0.1) is 19.1 Å². The van der Waals surface area contributed by atoms with Crippen LogP contribution < -0.4 is 15.0 Å². The molecule has 27 heavy (non-hydrogen) atoms. The van der Waals surface area contributed by atoms with E-state index in [1.54, 1.807) is 12.0 Å². The van der Waals surface area contributed by atoms with Crippen molar-refractivity contribution < 1.29 is 14.3 Å². The monoisotopic (exact) mass is 364 g/mol. The average Bonchev–Trinajstić information content (AvgIpc) is 3.47. The minimum Gasteiger partial charge on any atom is -0.497 e. The summed E-state index contributed by atoms with van der Waals surface area (Å²) in [5.41, 5.74) is 1.92. The first-order chi connectivity index (χ1) is 13.2. The zero-order valence-electron chi connectivity index (χ0n) is 15.4. The van der Waals surface area contributed by atoms with E-state index < -0.39 is 0 Å². The van der Waals surface area contributed by atoms with E-state index in [1.165, 1.54) is 0 Å². The van der Waals surface area contributed by atoms with Gasteiger partial charge in [-0.25, -0.2) is 0 Å². The summed E-state index contributed by atoms with van der Waals surface area (Å²) in [6.07, 6.45) is 2.52. The highest BCUT2D eigenvalue weighted by atomic mass is 16.5. The molecule has 2 atom stereocenters. The van der Waals surface area contributed by atoms with E-state index in [-0.39, 0.29) is 30.2 Å². The Bertz CT molecular complexity index is 832. The lowest BCUT2D eigenvalue weighted by atomic mass is 10.0. The number of anilines is 1. The van der Waals surface area contributed by atoms with Gasteiger partial charge in [-0.1, -0.05) is 36.4 Å². The van der Waals surface area contributed by atoms with Gasteiger partial charge in [0.2, 0.25) is 11.8 Å². The van der Waals surface area contributed by atoms with Crippen LogP contribution in [0.5, 0.6) is 5.75 Å². The standard InChI is InChI=1S/C22H24N2O3/c1-27-19-9-5-8-18(13-19)24-14-17(12-20(24)25)22(26)23-21(16-10-11-16)15-6-3-2-4-7-15/h2-9,13,16-17,21H,10-12,14H2,1H3,(H,23,26)/t17-,21+/m0/s1. The molecule has 4 rings (SSSR count). The van der Waals surface area contributed by atoms with Crippen LogP contribution in [0.3, 0.4) is 0 Å². The molecule has 2 fully saturated rings. The number of amides is 2. The van der Waals surface area contributed by atoms with E-state index in [0.717, 1.165) is 24.1 Å². The Morgan fingerprint density at radius 3 is 2.63 bits per heavy atom. The fraction of sp³-hybridized carbons (Fsp3) is 0.364. The second-order valence-electron chi connectivity index (χ2n) is 7.34. The highest BCUT2D eigenvalue weighted by Gasteiger charge is 2.39. The lowest BCUT2D eigenvalue weighted by Gasteiger charge is -2.21. The number of nitrogens with zero attached hydrogens (tertiary/aromatic N) is 1. The number of ether oxygens (including phenoxy) is 1. The van der Waals surface area contributed by atoms with Crippen LogP contribution in [-0.2, 0) is 9.59 Å². The van der Waals surface area contributed by atoms with Gasteiger partial charge in [-0.3, -0.25) is 9.59 Å². The normalized spacial score (nSPS) is 20.4. The lowest BCUT2D eigenvalue weighted by molar-refractivity contribution is -0.127. The maximum absolute atomic E-state index is 12.9. The van der Waals surface area contributed by atoms with Crippen molar-refractivity contribution in [2.45, 2.75) is 25.3 Å². The summed E-state index contributed by atoms with van der Waals surface area (Å²) >= 11 is 0. The third-order valence-electron chi connectivity index (χ3n) is 5.41. The van der Waals surface area contributed by atoms with Gasteiger partial charge in [0, 0.05) is 24.7 Å². The topological polar surface area (TPSA) is 58.6 Å². The number of carbonyl (C=O) groups excluding carboxylic acids is 2. The summed E-state index contributed by atoms with van der Waals surface area (Å²) in [5, 5.41) is 3.21. The summed E-state index contributed by atoms with van der Waals surface area (Å²) in [6.45, 7) is 0.407. The first-order valence-corrected chi connectivity index (χ1v) is 9.45. The number of carbonyl (C=O) groups is 2. The van der Waals surface area contributed by atoms with E-state index in [9.17, 15) is 9.59 Å². The van der Waals surface area contributed by atoms with Gasteiger partial charge in [0.1, 0.15) is 5.75 Å². The molecule has 1 aliphatic heterocycles. The molecule has 2 aliphatic rings. The molecule has 0 spiro atoms. The number of hydrogen-bond acceptors (Lipinski definition) is 3. The van der Waals surface area contributed by atoms with Gasteiger partial charge in [0.15, 0.2) is 0 Å². The summed E-state index contributed by atoms with van der Waals surface area (Å²) < 4.78 is 5.24. The Labute approximate surface area is 159 Å². The van der Waals surface area contributed by atoms with Crippen molar-refractivity contribution in [3.63, 3.8) is 0 Å². The van der Waals surface area contributed by atoms with E-state index in [2.05, 4.69) is 17.4 Å². The number of rotatable bonds is 6. The van der Waals surface area contributed by atoms with Crippen molar-refractivity contribution in [2.75, 3.05) is 18.6 Å². The van der Waals surface area contributed by atoms with E-state index in [1.807, 2.05) is 42.5 Å². The number of nitrogens with one attached hydrogen (secondary N) is 1. The van der Waals surface area contributed by atoms with Gasteiger partial charge in [-0.05, 0) is 36.5 Å². The Hall–Kier alpha value is -2.82. The van der Waals surface area contributed by atoms with Gasteiger partial charge in [-0.15, -0.1) is 0 Å². The molecular weight excluding hydrogens is 340 g/mol. The van der Waals surface area contributed by atoms with Crippen molar-refractivity contribution in [1.82, 2.24) is 5.32 Å². The van der Waals surface area contributed by atoms with Crippen LogP contribution >= 0.6 is 0 Å². The maximum Gasteiger partial charge on any atom is 0.227 e. The van der Waals surface area contributed by atoms with Crippen LogP contribution in [0.15, 0.2) is 54.6 Å². The first-order valence-electron chi connectivity index (χ1n) is 9.45. The molecule has 2 amide bonds. The molecule has 5 nitrogen and oxygen atoms in total. The first kappa shape index (κ1) is 17.6. The highest BCUT2D eigenvalue weighted by molar-refractivity contribution is 6.00. The molecule has 1 N–H and O–H groups in total. The third kappa shape index (κ3) is 3.82. The zero-order chi connectivity index (χ0) is 18.8. The minimum absolute atomic E-state index is 0.0221. The Balaban J connectivity index is 1.46. The molecule has 0 bridgehead atoms. The summed E-state index contributed by atoms with van der Waals surface area (Å²) in [6, 6.07) is 17.5. The highest BCUT2D eigenvalue weighted by Crippen LogP contribution is 2.41. The van der Waals surface area contributed by atoms with Crippen LogP contribution in [0, 0.1) is 11.8 Å². The van der Waals surface area contributed by atoms with Crippen LogP contribution in [-0.4, -0.2) is 25.5 Å². The van der Waals surface area contributed by atoms with Gasteiger partial charge < -0.3 is 15.0 Å². The molecule has 5 heteroatoms. The fourth-order valence-corrected chi connectivity index (χ4v) is 3.75. The fourth-order valence-electron chi connectivity index (χ4n) is 3.75. The van der Waals surface area contributed by atoms with Crippen LogP contribution in [0.2, 0.25) is 0 Å². The average molecular weight is 364 g/mol. The van der Waals surface area contributed by atoms with Crippen molar-refractivity contribution in [1.29, 1.82) is 0 Å². The molecular formula is C22H24N2O3. The molecule has 1 saturated carbocycles. The predicted molar refractivity (Wildman–Crippen MR) is 104 cm³/mol. The maximum atomic E-state index is 12.9. The molecule has 2 aromatic rings.